The van der Waals surface area contributed by atoms with Crippen molar-refractivity contribution in [1.29, 1.82) is 0 Å². The summed E-state index contributed by atoms with van der Waals surface area (Å²) in [5.41, 5.74) is 1.12. The Kier molecular flexibility index (Phi) is 5.45. The minimum Gasteiger partial charge on any atom is -0.478 e. The molecule has 2 N–H and O–H groups in total. The van der Waals surface area contributed by atoms with Crippen molar-refractivity contribution in [3.05, 3.63) is 23.8 Å². The van der Waals surface area contributed by atoms with Gasteiger partial charge >= 0.3 is 0 Å². The van der Waals surface area contributed by atoms with Gasteiger partial charge in [-0.15, -0.1) is 12.3 Å². The largest absolute Gasteiger partial charge is 0.478 e. The van der Waals surface area contributed by atoms with Crippen molar-refractivity contribution < 1.29 is 14.3 Å². The van der Waals surface area contributed by atoms with Crippen molar-refractivity contribution >= 4 is 17.5 Å². The number of rotatable bonds is 8. The van der Waals surface area contributed by atoms with Gasteiger partial charge in [-0.2, -0.15) is 10.2 Å². The second kappa shape index (κ2) is 7.78. The molecule has 0 aromatic heterocycles. The third-order valence-corrected chi connectivity index (χ3v) is 4.88. The Morgan fingerprint density at radius 1 is 1.44 bits per heavy atom. The van der Waals surface area contributed by atoms with Crippen molar-refractivity contribution in [1.82, 2.24) is 5.32 Å². The van der Waals surface area contributed by atoms with Gasteiger partial charge in [0, 0.05) is 25.7 Å². The number of nitrogens with zero attached hydrogens (tertiary/aromatic N) is 2. The van der Waals surface area contributed by atoms with Crippen LogP contribution in [0.3, 0.4) is 0 Å². The summed E-state index contributed by atoms with van der Waals surface area (Å²) in [7, 11) is 0. The lowest BCUT2D eigenvalue weighted by Crippen LogP contribution is -2.36. The van der Waals surface area contributed by atoms with Crippen LogP contribution in [0.2, 0.25) is 0 Å². The van der Waals surface area contributed by atoms with E-state index in [1.807, 2.05) is 26.0 Å². The van der Waals surface area contributed by atoms with E-state index in [1.54, 1.807) is 6.07 Å². The zero-order chi connectivity index (χ0) is 19.4. The van der Waals surface area contributed by atoms with Gasteiger partial charge in [-0.05, 0) is 31.0 Å². The molecule has 1 aromatic carbocycles. The van der Waals surface area contributed by atoms with E-state index in [1.165, 1.54) is 0 Å². The number of amides is 2. The molecule has 7 nitrogen and oxygen atoms in total. The van der Waals surface area contributed by atoms with Crippen LogP contribution in [0.4, 0.5) is 5.69 Å². The maximum Gasteiger partial charge on any atom is 0.265 e. The van der Waals surface area contributed by atoms with Crippen molar-refractivity contribution in [2.45, 2.75) is 63.8 Å². The first-order chi connectivity index (χ1) is 13.0. The van der Waals surface area contributed by atoms with Gasteiger partial charge in [0.1, 0.15) is 5.75 Å². The van der Waals surface area contributed by atoms with Gasteiger partial charge in [-0.25, -0.2) is 0 Å². The lowest BCUT2D eigenvalue weighted by atomic mass is 10.0. The smallest absolute Gasteiger partial charge is 0.265 e. The van der Waals surface area contributed by atoms with Crippen LogP contribution in [0, 0.1) is 12.3 Å². The molecule has 0 spiro atoms. The Labute approximate surface area is 159 Å². The van der Waals surface area contributed by atoms with Crippen LogP contribution in [-0.4, -0.2) is 23.6 Å². The summed E-state index contributed by atoms with van der Waals surface area (Å²) in [6.45, 7) is 3.81. The molecule has 7 heteroatoms. The number of nitrogens with one attached hydrogen (secondary N) is 2. The predicted octanol–water partition coefficient (Wildman–Crippen LogP) is 3.33. The molecule has 0 aliphatic carbocycles. The normalized spacial score (nSPS) is 19.9. The summed E-state index contributed by atoms with van der Waals surface area (Å²) in [6, 6.07) is 5.36. The van der Waals surface area contributed by atoms with Crippen LogP contribution in [-0.2, 0) is 9.59 Å². The van der Waals surface area contributed by atoms with E-state index >= 15 is 0 Å². The molecule has 2 aliphatic rings. The summed E-state index contributed by atoms with van der Waals surface area (Å²) in [4.78, 5) is 24.1. The first-order valence-corrected chi connectivity index (χ1v) is 9.24. The van der Waals surface area contributed by atoms with Gasteiger partial charge in [0.15, 0.2) is 11.8 Å². The molecule has 0 fully saturated rings. The highest BCUT2D eigenvalue weighted by Crippen LogP contribution is 2.37. The maximum absolute atomic E-state index is 12.3. The molecule has 2 atom stereocenters. The van der Waals surface area contributed by atoms with Crippen molar-refractivity contribution in [3.8, 4) is 18.1 Å². The van der Waals surface area contributed by atoms with Crippen molar-refractivity contribution in [2.24, 2.45) is 10.2 Å². The highest BCUT2D eigenvalue weighted by molar-refractivity contribution is 5.97. The summed E-state index contributed by atoms with van der Waals surface area (Å²) >= 11 is 0. The van der Waals surface area contributed by atoms with Crippen LogP contribution in [0.15, 0.2) is 28.4 Å². The summed E-state index contributed by atoms with van der Waals surface area (Å²) in [5.74, 6) is 3.02. The van der Waals surface area contributed by atoms with Crippen molar-refractivity contribution in [2.75, 3.05) is 5.32 Å². The van der Waals surface area contributed by atoms with E-state index < -0.39 is 11.8 Å². The fourth-order valence-electron chi connectivity index (χ4n) is 3.08. The van der Waals surface area contributed by atoms with Crippen LogP contribution >= 0.6 is 0 Å². The average molecular weight is 368 g/mol. The minimum absolute atomic E-state index is 0.0572. The number of carbonyl (C=O) groups is 2. The number of terminal acetylenes is 1. The molecule has 2 heterocycles. The third kappa shape index (κ3) is 4.45. The van der Waals surface area contributed by atoms with Gasteiger partial charge in [0.2, 0.25) is 5.91 Å². The molecule has 2 aliphatic heterocycles. The number of fused-ring (bicyclic) bond motifs is 1. The zero-order valence-corrected chi connectivity index (χ0v) is 15.6. The zero-order valence-electron chi connectivity index (χ0n) is 15.6. The van der Waals surface area contributed by atoms with Crippen molar-refractivity contribution in [3.63, 3.8) is 0 Å². The topological polar surface area (TPSA) is 92.1 Å². The molecule has 142 valence electrons. The Balaban J connectivity index is 1.55. The highest BCUT2D eigenvalue weighted by atomic mass is 16.5. The van der Waals surface area contributed by atoms with Crippen LogP contribution < -0.4 is 15.4 Å². The lowest BCUT2D eigenvalue weighted by Gasteiger charge is -2.26. The van der Waals surface area contributed by atoms with Gasteiger partial charge in [-0.1, -0.05) is 13.0 Å². The standard InChI is InChI=1S/C20H24N4O3/c1-4-6-10-20(23-24-20)11-9-18(25)21-13(3)14-7-8-15-17(12-14)27-16(5-2)19(26)22-15/h1,7-8,12-13,16H,5-6,9-11H2,2-3H3,(H,21,25)(H,22,26). The second-order valence-corrected chi connectivity index (χ2v) is 6.94. The van der Waals surface area contributed by atoms with E-state index in [4.69, 9.17) is 11.2 Å². The molecular formula is C20H24N4O3. The molecule has 2 unspecified atom stereocenters. The summed E-state index contributed by atoms with van der Waals surface area (Å²) in [5, 5.41) is 13.9. The van der Waals surface area contributed by atoms with Crippen LogP contribution in [0.1, 0.15) is 57.6 Å². The van der Waals surface area contributed by atoms with E-state index in [0.717, 1.165) is 5.56 Å². The van der Waals surface area contributed by atoms with Crippen LogP contribution in [0.5, 0.6) is 5.75 Å². The Morgan fingerprint density at radius 3 is 2.89 bits per heavy atom. The Bertz CT molecular complexity index is 806. The minimum atomic E-state index is -0.483. The molecule has 1 aromatic rings. The molecule has 27 heavy (non-hydrogen) atoms. The van der Waals surface area contributed by atoms with Crippen LogP contribution in [0.25, 0.3) is 0 Å². The van der Waals surface area contributed by atoms with E-state index in [9.17, 15) is 9.59 Å². The van der Waals surface area contributed by atoms with E-state index in [2.05, 4.69) is 26.8 Å². The first-order valence-electron chi connectivity index (χ1n) is 9.24. The van der Waals surface area contributed by atoms with E-state index in [0.29, 0.717) is 43.5 Å². The quantitative estimate of drug-likeness (QED) is 0.689. The molecule has 2 amide bonds. The third-order valence-electron chi connectivity index (χ3n) is 4.88. The number of hydrogen-bond acceptors (Lipinski definition) is 5. The average Bonchev–Trinajstić information content (AvgIpc) is 3.44. The Hall–Kier alpha value is -2.88. The SMILES string of the molecule is C#CCCC1(CCC(=O)NC(C)c2ccc3c(c2)OC(CC)C(=O)N3)N=N1. The van der Waals surface area contributed by atoms with Gasteiger partial charge < -0.3 is 15.4 Å². The number of anilines is 1. The highest BCUT2D eigenvalue weighted by Gasteiger charge is 2.39. The fraction of sp³-hybridized carbons (Fsp3) is 0.500. The van der Waals surface area contributed by atoms with Gasteiger partial charge in [0.25, 0.3) is 5.91 Å². The first kappa shape index (κ1) is 18.9. The molecular weight excluding hydrogens is 344 g/mol. The molecule has 3 rings (SSSR count). The Morgan fingerprint density at radius 2 is 2.22 bits per heavy atom. The number of hydrogen-bond donors (Lipinski definition) is 2. The van der Waals surface area contributed by atoms with Gasteiger partial charge in [0.05, 0.1) is 11.7 Å². The summed E-state index contributed by atoms with van der Waals surface area (Å²) < 4.78 is 5.76. The molecule has 0 saturated carbocycles. The van der Waals surface area contributed by atoms with E-state index in [-0.39, 0.29) is 17.9 Å². The predicted molar refractivity (Wildman–Crippen MR) is 101 cm³/mol. The monoisotopic (exact) mass is 368 g/mol. The second-order valence-electron chi connectivity index (χ2n) is 6.94. The summed E-state index contributed by atoms with van der Waals surface area (Å²) in [6.07, 6.45) is 7.61. The molecule has 0 bridgehead atoms. The van der Waals surface area contributed by atoms with Gasteiger partial charge in [-0.3, -0.25) is 9.59 Å². The number of benzene rings is 1. The maximum atomic E-state index is 12.3. The number of ether oxygens (including phenoxy) is 1. The molecule has 0 saturated heterocycles. The lowest BCUT2D eigenvalue weighted by molar-refractivity contribution is -0.123. The number of carbonyl (C=O) groups excluding carboxylic acids is 2. The fourth-order valence-corrected chi connectivity index (χ4v) is 3.08. The molecule has 0 radical (unpaired) electrons.